The van der Waals surface area contributed by atoms with Crippen molar-refractivity contribution in [3.8, 4) is 0 Å². The Balaban J connectivity index is 1.38. The molecular formula is C23H42O. The van der Waals surface area contributed by atoms with E-state index in [-0.39, 0.29) is 5.60 Å². The van der Waals surface area contributed by atoms with Gasteiger partial charge < -0.3 is 4.74 Å². The first-order valence-corrected chi connectivity index (χ1v) is 11.3. The first-order chi connectivity index (χ1) is 11.8. The van der Waals surface area contributed by atoms with Crippen LogP contribution < -0.4 is 0 Å². The van der Waals surface area contributed by atoms with Gasteiger partial charge in [0.1, 0.15) is 0 Å². The molecule has 24 heavy (non-hydrogen) atoms. The van der Waals surface area contributed by atoms with E-state index in [1.54, 1.807) is 0 Å². The van der Waals surface area contributed by atoms with Crippen molar-refractivity contribution in [2.45, 2.75) is 115 Å². The lowest BCUT2D eigenvalue weighted by Gasteiger charge is -2.45. The van der Waals surface area contributed by atoms with Crippen LogP contribution in [-0.2, 0) is 4.74 Å². The van der Waals surface area contributed by atoms with E-state index in [0.29, 0.717) is 0 Å². The van der Waals surface area contributed by atoms with E-state index in [1.807, 2.05) is 7.11 Å². The molecule has 0 spiro atoms. The summed E-state index contributed by atoms with van der Waals surface area (Å²) in [5.74, 6) is 4.01. The molecule has 0 aromatic heterocycles. The molecule has 3 aliphatic rings. The Morgan fingerprint density at radius 2 is 1.21 bits per heavy atom. The summed E-state index contributed by atoms with van der Waals surface area (Å²) in [6.07, 6.45) is 23.3. The molecule has 3 aliphatic carbocycles. The van der Waals surface area contributed by atoms with Crippen LogP contribution in [0.1, 0.15) is 110 Å². The predicted octanol–water partition coefficient (Wildman–Crippen LogP) is 7.14. The summed E-state index contributed by atoms with van der Waals surface area (Å²) in [6.45, 7) is 2.38. The Morgan fingerprint density at radius 1 is 0.708 bits per heavy atom. The molecule has 0 saturated heterocycles. The second-order valence-corrected chi connectivity index (χ2v) is 9.42. The highest BCUT2D eigenvalue weighted by Crippen LogP contribution is 2.46. The third-order valence-corrected chi connectivity index (χ3v) is 8.22. The minimum atomic E-state index is 0.266. The van der Waals surface area contributed by atoms with Crippen LogP contribution in [0.25, 0.3) is 0 Å². The molecule has 140 valence electrons. The number of methoxy groups -OCH3 is 1. The molecule has 1 heteroatoms. The summed E-state index contributed by atoms with van der Waals surface area (Å²) in [5.41, 5.74) is 0.266. The van der Waals surface area contributed by atoms with Gasteiger partial charge in [0.25, 0.3) is 0 Å². The highest BCUT2D eigenvalue weighted by atomic mass is 16.5. The van der Waals surface area contributed by atoms with Crippen LogP contribution in [0.4, 0.5) is 0 Å². The average molecular weight is 335 g/mol. The van der Waals surface area contributed by atoms with Gasteiger partial charge in [-0.15, -0.1) is 0 Å². The molecule has 0 heterocycles. The lowest BCUT2D eigenvalue weighted by molar-refractivity contribution is -0.0972. The first kappa shape index (κ1) is 18.7. The van der Waals surface area contributed by atoms with Crippen LogP contribution in [-0.4, -0.2) is 12.7 Å². The summed E-state index contributed by atoms with van der Waals surface area (Å²) >= 11 is 0. The fraction of sp³-hybridized carbons (Fsp3) is 1.00. The van der Waals surface area contributed by atoms with Gasteiger partial charge in [-0.05, 0) is 49.4 Å². The van der Waals surface area contributed by atoms with Crippen LogP contribution in [0.3, 0.4) is 0 Å². The highest BCUT2D eigenvalue weighted by molar-refractivity contribution is 4.93. The van der Waals surface area contributed by atoms with Crippen molar-refractivity contribution in [1.29, 1.82) is 0 Å². The Morgan fingerprint density at radius 3 is 1.71 bits per heavy atom. The van der Waals surface area contributed by atoms with Crippen molar-refractivity contribution < 1.29 is 4.74 Å². The molecule has 0 amide bonds. The topological polar surface area (TPSA) is 9.23 Å². The number of hydrogen-bond donors (Lipinski definition) is 0. The second-order valence-electron chi connectivity index (χ2n) is 9.42. The Kier molecular flexibility index (Phi) is 7.07. The molecule has 0 aliphatic heterocycles. The SMILES string of the molecule is CCC1CCC(CCC2CCC(C3(OC)CCCCC3)CC2)CC1. The summed E-state index contributed by atoms with van der Waals surface area (Å²) in [5, 5.41) is 0. The third-order valence-electron chi connectivity index (χ3n) is 8.22. The lowest BCUT2D eigenvalue weighted by Crippen LogP contribution is -2.43. The van der Waals surface area contributed by atoms with Gasteiger partial charge in [-0.25, -0.2) is 0 Å². The summed E-state index contributed by atoms with van der Waals surface area (Å²) < 4.78 is 6.13. The van der Waals surface area contributed by atoms with E-state index in [1.165, 1.54) is 103 Å². The van der Waals surface area contributed by atoms with Crippen molar-refractivity contribution in [3.63, 3.8) is 0 Å². The van der Waals surface area contributed by atoms with E-state index in [4.69, 9.17) is 4.74 Å². The van der Waals surface area contributed by atoms with E-state index in [2.05, 4.69) is 6.92 Å². The predicted molar refractivity (Wildman–Crippen MR) is 103 cm³/mol. The first-order valence-electron chi connectivity index (χ1n) is 11.3. The number of hydrogen-bond acceptors (Lipinski definition) is 1. The highest BCUT2D eigenvalue weighted by Gasteiger charge is 2.41. The zero-order valence-electron chi connectivity index (χ0n) is 16.5. The van der Waals surface area contributed by atoms with Gasteiger partial charge in [-0.1, -0.05) is 84.0 Å². The standard InChI is InChI=1S/C23H42O/c1-3-19-7-9-20(10-8-19)11-12-21-13-15-22(16-14-21)23(24-2)17-5-4-6-18-23/h19-22H,3-18H2,1-2H3. The van der Waals surface area contributed by atoms with Crippen molar-refractivity contribution in [2.75, 3.05) is 7.11 Å². The zero-order chi connectivity index (χ0) is 16.8. The monoisotopic (exact) mass is 334 g/mol. The molecule has 3 saturated carbocycles. The summed E-state index contributed by atoms with van der Waals surface area (Å²) in [4.78, 5) is 0. The summed E-state index contributed by atoms with van der Waals surface area (Å²) in [6, 6.07) is 0. The third kappa shape index (κ3) is 4.57. The van der Waals surface area contributed by atoms with Gasteiger partial charge in [0.05, 0.1) is 5.60 Å². The van der Waals surface area contributed by atoms with E-state index in [0.717, 1.165) is 23.7 Å². The quantitative estimate of drug-likeness (QED) is 0.501. The van der Waals surface area contributed by atoms with Crippen LogP contribution in [0.5, 0.6) is 0 Å². The fourth-order valence-corrected chi connectivity index (χ4v) is 6.31. The molecule has 0 N–H and O–H groups in total. The van der Waals surface area contributed by atoms with E-state index < -0.39 is 0 Å². The molecule has 0 aromatic carbocycles. The van der Waals surface area contributed by atoms with E-state index in [9.17, 15) is 0 Å². The maximum absolute atomic E-state index is 6.13. The fourth-order valence-electron chi connectivity index (χ4n) is 6.31. The van der Waals surface area contributed by atoms with Gasteiger partial charge in [0, 0.05) is 7.11 Å². The van der Waals surface area contributed by atoms with Crippen LogP contribution in [0.2, 0.25) is 0 Å². The zero-order valence-corrected chi connectivity index (χ0v) is 16.5. The molecule has 0 radical (unpaired) electrons. The smallest absolute Gasteiger partial charge is 0.0706 e. The van der Waals surface area contributed by atoms with Crippen LogP contribution >= 0.6 is 0 Å². The Labute approximate surface area is 151 Å². The minimum absolute atomic E-state index is 0.266. The molecule has 0 atom stereocenters. The molecule has 3 rings (SSSR count). The Bertz CT molecular complexity index is 341. The number of ether oxygens (including phenoxy) is 1. The molecular weight excluding hydrogens is 292 g/mol. The molecule has 1 nitrogen and oxygen atoms in total. The number of rotatable bonds is 6. The van der Waals surface area contributed by atoms with E-state index >= 15 is 0 Å². The van der Waals surface area contributed by atoms with Gasteiger partial charge in [0.2, 0.25) is 0 Å². The van der Waals surface area contributed by atoms with Gasteiger partial charge in [-0.3, -0.25) is 0 Å². The van der Waals surface area contributed by atoms with Crippen molar-refractivity contribution in [1.82, 2.24) is 0 Å². The molecule has 3 fully saturated rings. The van der Waals surface area contributed by atoms with Crippen molar-refractivity contribution in [2.24, 2.45) is 23.7 Å². The average Bonchev–Trinajstić information content (AvgIpc) is 2.67. The normalized spacial score (nSPS) is 37.2. The van der Waals surface area contributed by atoms with Crippen molar-refractivity contribution in [3.05, 3.63) is 0 Å². The summed E-state index contributed by atoms with van der Waals surface area (Å²) in [7, 11) is 1.99. The van der Waals surface area contributed by atoms with Crippen LogP contribution in [0, 0.1) is 23.7 Å². The Hall–Kier alpha value is -0.0400. The minimum Gasteiger partial charge on any atom is -0.378 e. The second kappa shape index (κ2) is 9.06. The van der Waals surface area contributed by atoms with Gasteiger partial charge in [0.15, 0.2) is 0 Å². The lowest BCUT2D eigenvalue weighted by atomic mass is 9.67. The largest absolute Gasteiger partial charge is 0.378 e. The molecule has 0 unspecified atom stereocenters. The van der Waals surface area contributed by atoms with Crippen molar-refractivity contribution >= 4 is 0 Å². The maximum atomic E-state index is 6.13. The van der Waals surface area contributed by atoms with Gasteiger partial charge >= 0.3 is 0 Å². The molecule has 0 bridgehead atoms. The van der Waals surface area contributed by atoms with Crippen LogP contribution in [0.15, 0.2) is 0 Å². The maximum Gasteiger partial charge on any atom is 0.0706 e. The van der Waals surface area contributed by atoms with Gasteiger partial charge in [-0.2, -0.15) is 0 Å². The molecule has 0 aromatic rings.